The van der Waals surface area contributed by atoms with Gasteiger partial charge in [-0.2, -0.15) is 0 Å². The third-order valence-electron chi connectivity index (χ3n) is 4.17. The number of carbonyl (C=O) groups excluding carboxylic acids is 2. The lowest BCUT2D eigenvalue weighted by Gasteiger charge is -2.31. The minimum Gasteiger partial charge on any atom is -0.353 e. The first kappa shape index (κ1) is 19.1. The quantitative estimate of drug-likeness (QED) is 0.764. The molecule has 1 aliphatic heterocycles. The molecular weight excluding hydrogens is 346 g/mol. The van der Waals surface area contributed by atoms with E-state index in [1.54, 1.807) is 4.90 Å². The predicted molar refractivity (Wildman–Crippen MR) is 99.2 cm³/mol. The Hall–Kier alpha value is -1.24. The van der Waals surface area contributed by atoms with Crippen LogP contribution in [0.1, 0.15) is 25.5 Å². The number of nitrogens with zero attached hydrogens (tertiary/aromatic N) is 2. The van der Waals surface area contributed by atoms with Crippen LogP contribution in [0.3, 0.4) is 0 Å². The fourth-order valence-electron chi connectivity index (χ4n) is 2.83. The summed E-state index contributed by atoms with van der Waals surface area (Å²) in [6, 6.07) is 7.74. The Balaban J connectivity index is 2.01. The van der Waals surface area contributed by atoms with Gasteiger partial charge in [-0.05, 0) is 24.7 Å². The molecule has 0 aromatic heterocycles. The molecule has 1 saturated heterocycles. The smallest absolute Gasteiger partial charge is 0.239 e. The zero-order chi connectivity index (χ0) is 17.5. The van der Waals surface area contributed by atoms with E-state index in [9.17, 15) is 9.59 Å². The van der Waals surface area contributed by atoms with Gasteiger partial charge in [-0.3, -0.25) is 14.5 Å². The molecule has 7 heteroatoms. The van der Waals surface area contributed by atoms with Crippen LogP contribution in [0.15, 0.2) is 24.3 Å². The largest absolute Gasteiger partial charge is 0.353 e. The highest BCUT2D eigenvalue weighted by atomic mass is 35.5. The van der Waals surface area contributed by atoms with Crippen LogP contribution >= 0.6 is 23.4 Å². The highest BCUT2D eigenvalue weighted by Gasteiger charge is 2.24. The standard InChI is InChI=1S/C17H24ClN3O2S/c1-3-20(4-2)15(13-7-5-6-8-14(13)18)9-19-16(22)10-21-12-24-11-17(21)23/h5-8,15H,3-4,9-12H2,1-2H3,(H,19,22)/t15-/m0/s1. The maximum Gasteiger partial charge on any atom is 0.239 e. The van der Waals surface area contributed by atoms with Gasteiger partial charge in [0.05, 0.1) is 17.7 Å². The lowest BCUT2D eigenvalue weighted by Crippen LogP contribution is -2.42. The van der Waals surface area contributed by atoms with Crippen molar-refractivity contribution < 1.29 is 9.59 Å². The average Bonchev–Trinajstić information content (AvgIpc) is 2.97. The Morgan fingerprint density at radius 3 is 2.67 bits per heavy atom. The number of nitrogens with one attached hydrogen (secondary N) is 1. The third-order valence-corrected chi connectivity index (χ3v) is 5.46. The maximum atomic E-state index is 12.2. The first-order chi connectivity index (χ1) is 11.6. The zero-order valence-corrected chi connectivity index (χ0v) is 15.7. The van der Waals surface area contributed by atoms with Crippen molar-refractivity contribution in [3.8, 4) is 0 Å². The molecule has 1 heterocycles. The number of benzene rings is 1. The van der Waals surface area contributed by atoms with Crippen LogP contribution in [0.5, 0.6) is 0 Å². The lowest BCUT2D eigenvalue weighted by atomic mass is 10.0. The SMILES string of the molecule is CCN(CC)[C@@H](CNC(=O)CN1CSCC1=O)c1ccccc1Cl. The number of amides is 2. The first-order valence-electron chi connectivity index (χ1n) is 8.17. The van der Waals surface area contributed by atoms with Gasteiger partial charge in [0.1, 0.15) is 6.54 Å². The molecule has 0 spiro atoms. The summed E-state index contributed by atoms with van der Waals surface area (Å²) in [5.41, 5.74) is 1.01. The van der Waals surface area contributed by atoms with Crippen LogP contribution in [-0.4, -0.2) is 59.4 Å². The van der Waals surface area contributed by atoms with Gasteiger partial charge in [0, 0.05) is 11.6 Å². The minimum absolute atomic E-state index is 0.0151. The van der Waals surface area contributed by atoms with E-state index < -0.39 is 0 Å². The summed E-state index contributed by atoms with van der Waals surface area (Å²) in [7, 11) is 0. The van der Waals surface area contributed by atoms with Crippen molar-refractivity contribution in [2.24, 2.45) is 0 Å². The van der Waals surface area contributed by atoms with Gasteiger partial charge >= 0.3 is 0 Å². The molecule has 0 aliphatic carbocycles. The van der Waals surface area contributed by atoms with Crippen LogP contribution in [0.4, 0.5) is 0 Å². The van der Waals surface area contributed by atoms with E-state index in [0.29, 0.717) is 23.2 Å². The van der Waals surface area contributed by atoms with E-state index >= 15 is 0 Å². The number of halogens is 1. The Bertz CT molecular complexity index is 581. The predicted octanol–water partition coefficient (Wildman–Crippen LogP) is 2.37. The molecule has 132 valence electrons. The highest BCUT2D eigenvalue weighted by molar-refractivity contribution is 8.00. The van der Waals surface area contributed by atoms with Crippen molar-refractivity contribution in [2.75, 3.05) is 37.8 Å². The number of hydrogen-bond donors (Lipinski definition) is 1. The molecule has 1 aliphatic rings. The molecule has 0 unspecified atom stereocenters. The second kappa shape index (κ2) is 9.30. The van der Waals surface area contributed by atoms with E-state index in [2.05, 4.69) is 24.1 Å². The van der Waals surface area contributed by atoms with Crippen molar-refractivity contribution in [3.05, 3.63) is 34.9 Å². The third kappa shape index (κ3) is 4.88. The molecule has 0 radical (unpaired) electrons. The molecule has 2 amide bonds. The molecule has 1 N–H and O–H groups in total. The van der Waals surface area contributed by atoms with Crippen molar-refractivity contribution in [1.82, 2.24) is 15.1 Å². The van der Waals surface area contributed by atoms with E-state index in [0.717, 1.165) is 18.7 Å². The monoisotopic (exact) mass is 369 g/mol. The van der Waals surface area contributed by atoms with Gasteiger partial charge in [0.25, 0.3) is 0 Å². The van der Waals surface area contributed by atoms with Crippen molar-refractivity contribution in [2.45, 2.75) is 19.9 Å². The van der Waals surface area contributed by atoms with Crippen LogP contribution < -0.4 is 5.32 Å². The summed E-state index contributed by atoms with van der Waals surface area (Å²) in [5, 5.41) is 3.67. The van der Waals surface area contributed by atoms with Gasteiger partial charge in [-0.1, -0.05) is 43.6 Å². The summed E-state index contributed by atoms with van der Waals surface area (Å²) in [5.74, 6) is 0.960. The van der Waals surface area contributed by atoms with Crippen LogP contribution in [0.2, 0.25) is 5.02 Å². The normalized spacial score (nSPS) is 15.8. The van der Waals surface area contributed by atoms with Crippen LogP contribution in [0, 0.1) is 0 Å². The van der Waals surface area contributed by atoms with Gasteiger partial charge < -0.3 is 10.2 Å². The molecule has 24 heavy (non-hydrogen) atoms. The van der Waals surface area contributed by atoms with E-state index in [4.69, 9.17) is 11.6 Å². The Kier molecular flexibility index (Phi) is 7.40. The number of hydrogen-bond acceptors (Lipinski definition) is 4. The molecule has 1 aromatic rings. The average molecular weight is 370 g/mol. The molecule has 1 aromatic carbocycles. The van der Waals surface area contributed by atoms with Crippen LogP contribution in [0.25, 0.3) is 0 Å². The van der Waals surface area contributed by atoms with Crippen molar-refractivity contribution >= 4 is 35.2 Å². The molecule has 5 nitrogen and oxygen atoms in total. The second-order valence-corrected chi connectivity index (χ2v) is 6.99. The van der Waals surface area contributed by atoms with Gasteiger partial charge in [0.15, 0.2) is 0 Å². The molecule has 0 saturated carbocycles. The summed E-state index contributed by atoms with van der Waals surface area (Å²) >= 11 is 7.89. The van der Waals surface area contributed by atoms with Gasteiger partial charge in [0.2, 0.25) is 11.8 Å². The van der Waals surface area contributed by atoms with E-state index in [1.165, 1.54) is 11.8 Å². The molecular formula is C17H24ClN3O2S. The number of thioether (sulfide) groups is 1. The van der Waals surface area contributed by atoms with E-state index in [1.807, 2.05) is 24.3 Å². The fourth-order valence-corrected chi connectivity index (χ4v) is 3.99. The second-order valence-electron chi connectivity index (χ2n) is 5.63. The summed E-state index contributed by atoms with van der Waals surface area (Å²) < 4.78 is 0. The van der Waals surface area contributed by atoms with Gasteiger partial charge in [-0.25, -0.2) is 0 Å². The topological polar surface area (TPSA) is 52.7 Å². The lowest BCUT2D eigenvalue weighted by molar-refractivity contribution is -0.132. The van der Waals surface area contributed by atoms with Gasteiger partial charge in [-0.15, -0.1) is 11.8 Å². The molecule has 2 rings (SSSR count). The highest BCUT2D eigenvalue weighted by Crippen LogP contribution is 2.27. The first-order valence-corrected chi connectivity index (χ1v) is 9.70. The molecule has 1 atom stereocenters. The number of carbonyl (C=O) groups is 2. The van der Waals surface area contributed by atoms with E-state index in [-0.39, 0.29) is 24.4 Å². The van der Waals surface area contributed by atoms with Crippen molar-refractivity contribution in [3.63, 3.8) is 0 Å². The maximum absolute atomic E-state index is 12.2. The summed E-state index contributed by atoms with van der Waals surface area (Å²) in [4.78, 5) is 27.7. The van der Waals surface area contributed by atoms with Crippen LogP contribution in [-0.2, 0) is 9.59 Å². The summed E-state index contributed by atoms with van der Waals surface area (Å²) in [6.07, 6.45) is 0. The Morgan fingerprint density at radius 2 is 2.08 bits per heavy atom. The Morgan fingerprint density at radius 1 is 1.38 bits per heavy atom. The summed E-state index contributed by atoms with van der Waals surface area (Å²) in [6.45, 7) is 6.51. The Labute approximate surface area is 152 Å². The zero-order valence-electron chi connectivity index (χ0n) is 14.1. The fraction of sp³-hybridized carbons (Fsp3) is 0.529. The van der Waals surface area contributed by atoms with Crippen molar-refractivity contribution in [1.29, 1.82) is 0 Å². The number of likely N-dealkylation sites (N-methyl/N-ethyl adjacent to an activating group) is 1. The molecule has 1 fully saturated rings. The number of rotatable bonds is 8. The minimum atomic E-state index is -0.130. The molecule has 0 bridgehead atoms.